The van der Waals surface area contributed by atoms with Crippen LogP contribution in [0, 0.1) is 29.1 Å². The molecule has 0 aromatic heterocycles. The molecule has 4 aliphatic rings. The molecular weight excluding hydrogens is 444 g/mol. The van der Waals surface area contributed by atoms with Crippen molar-refractivity contribution in [1.82, 2.24) is 21.3 Å². The van der Waals surface area contributed by atoms with Gasteiger partial charge in [-0.15, -0.1) is 16.7 Å². The van der Waals surface area contributed by atoms with E-state index in [-0.39, 0.29) is 10.8 Å². The van der Waals surface area contributed by atoms with Crippen molar-refractivity contribution in [2.75, 3.05) is 33.2 Å². The first-order valence-electron chi connectivity index (χ1n) is 13.6. The highest BCUT2D eigenvalue weighted by molar-refractivity contribution is 6.22. The van der Waals surface area contributed by atoms with Crippen molar-refractivity contribution in [3.8, 4) is 0 Å². The molecule has 192 valence electrons. The number of likely N-dealkylation sites (tertiary alicyclic amines) is 1. The molecule has 0 bridgehead atoms. The number of hydrazine groups is 1. The van der Waals surface area contributed by atoms with Gasteiger partial charge in [-0.05, 0) is 73.9 Å². The smallest absolute Gasteiger partial charge is 0.243 e. The van der Waals surface area contributed by atoms with E-state index in [2.05, 4.69) is 79.4 Å². The third-order valence-electron chi connectivity index (χ3n) is 8.69. The molecule has 0 aromatic carbocycles. The number of nitrogens with one attached hydrogen (secondary N) is 4. The van der Waals surface area contributed by atoms with E-state index in [4.69, 9.17) is 11.6 Å². The van der Waals surface area contributed by atoms with Crippen molar-refractivity contribution in [3.63, 3.8) is 0 Å². The molecule has 0 aromatic rings. The number of piperidine rings is 1. The van der Waals surface area contributed by atoms with Crippen molar-refractivity contribution in [2.24, 2.45) is 34.2 Å². The third kappa shape index (κ3) is 6.44. The van der Waals surface area contributed by atoms with Crippen molar-refractivity contribution < 1.29 is 5.01 Å². The van der Waals surface area contributed by atoms with Gasteiger partial charge in [0.1, 0.15) is 0 Å². The lowest BCUT2D eigenvalue weighted by Crippen LogP contribution is -3.17. The van der Waals surface area contributed by atoms with Crippen LogP contribution >= 0.6 is 11.6 Å². The Hall–Kier alpha value is -0.920. The highest BCUT2D eigenvalue weighted by Crippen LogP contribution is 2.41. The first kappa shape index (κ1) is 26.2. The number of alkyl halides is 1. The van der Waals surface area contributed by atoms with Crippen LogP contribution in [0.15, 0.2) is 28.9 Å². The Morgan fingerprint density at radius 1 is 1.29 bits per heavy atom. The van der Waals surface area contributed by atoms with Crippen LogP contribution in [-0.4, -0.2) is 55.4 Å². The number of hydrogen-bond acceptors (Lipinski definition) is 5. The normalized spacial score (nSPS) is 35.1. The van der Waals surface area contributed by atoms with Crippen molar-refractivity contribution in [3.05, 3.63) is 23.8 Å². The van der Waals surface area contributed by atoms with Crippen LogP contribution in [0.4, 0.5) is 0 Å². The summed E-state index contributed by atoms with van der Waals surface area (Å²) in [6.07, 6.45) is 14.2. The zero-order chi connectivity index (χ0) is 24.3. The molecular formula is C27H48ClN6+. The molecule has 4 rings (SSSR count). The summed E-state index contributed by atoms with van der Waals surface area (Å²) >= 11 is 6.28. The van der Waals surface area contributed by atoms with E-state index in [9.17, 15) is 0 Å². The number of nitrogens with zero attached hydrogens (tertiary/aromatic N) is 2. The van der Waals surface area contributed by atoms with Gasteiger partial charge in [0.25, 0.3) is 0 Å². The summed E-state index contributed by atoms with van der Waals surface area (Å²) in [7, 11) is 2.13. The standard InChI is InChI=1S/C27H47ClN6/c1-19(2)25(29-16-20-7-6-8-22(15-20)26-30-31-32-33(26)5)17-34-14-13-24(27(3,4)18-34)21-9-11-23(28)12-10-21/h9-11,19-20,22-25,29,31-32H,6-8,12-18H2,1-5H3/p+1/t20?,22?,23?,24?,25-/m0/s1. The topological polar surface area (TPSA) is 56.1 Å². The monoisotopic (exact) mass is 491 g/mol. The Bertz CT molecular complexity index is 775. The van der Waals surface area contributed by atoms with Crippen LogP contribution in [0.2, 0.25) is 0 Å². The highest BCUT2D eigenvalue weighted by Gasteiger charge is 2.38. The van der Waals surface area contributed by atoms with Gasteiger partial charge in [0.05, 0.1) is 18.3 Å². The lowest BCUT2D eigenvalue weighted by molar-refractivity contribution is -0.835. The van der Waals surface area contributed by atoms with Crippen molar-refractivity contribution >= 4 is 17.4 Å². The number of amidine groups is 1. The second-order valence-corrected chi connectivity index (χ2v) is 12.8. The SMILES string of the molecule is CC(C)[C@H](CN1CCC(C2=CCC(Cl)C=C2)C(C)(C)C1)NCC1CCCC(C2=NNN[NH+]2C)C1. The maximum Gasteiger partial charge on any atom is 0.243 e. The van der Waals surface area contributed by atoms with Gasteiger partial charge in [0.15, 0.2) is 0 Å². The summed E-state index contributed by atoms with van der Waals surface area (Å²) in [5.74, 6) is 3.86. The van der Waals surface area contributed by atoms with E-state index in [1.54, 1.807) is 0 Å². The van der Waals surface area contributed by atoms with E-state index in [1.165, 1.54) is 61.6 Å². The first-order valence-corrected chi connectivity index (χ1v) is 14.1. The minimum atomic E-state index is 0.172. The van der Waals surface area contributed by atoms with Gasteiger partial charge in [0.2, 0.25) is 5.84 Å². The average molecular weight is 492 g/mol. The molecule has 34 heavy (non-hydrogen) atoms. The van der Waals surface area contributed by atoms with Gasteiger partial charge in [-0.3, -0.25) is 0 Å². The number of quaternary nitrogens is 1. The lowest BCUT2D eigenvalue weighted by Gasteiger charge is -2.46. The summed E-state index contributed by atoms with van der Waals surface area (Å²) in [5.41, 5.74) is 7.89. The Balaban J connectivity index is 1.28. The van der Waals surface area contributed by atoms with Crippen molar-refractivity contribution in [1.29, 1.82) is 0 Å². The molecule has 1 saturated heterocycles. The maximum atomic E-state index is 6.28. The van der Waals surface area contributed by atoms with E-state index in [1.807, 2.05) is 0 Å². The average Bonchev–Trinajstić information content (AvgIpc) is 3.23. The van der Waals surface area contributed by atoms with Gasteiger partial charge in [-0.25, -0.2) is 0 Å². The number of hydrazone groups is 1. The van der Waals surface area contributed by atoms with Gasteiger partial charge < -0.3 is 10.2 Å². The van der Waals surface area contributed by atoms with Crippen LogP contribution in [0.3, 0.4) is 0 Å². The largest absolute Gasteiger partial charge is 0.312 e. The maximum absolute atomic E-state index is 6.28. The molecule has 0 spiro atoms. The zero-order valence-corrected chi connectivity index (χ0v) is 22.8. The summed E-state index contributed by atoms with van der Waals surface area (Å²) in [4.78, 5) is 2.72. The summed E-state index contributed by atoms with van der Waals surface area (Å²) in [6.45, 7) is 14.3. The molecule has 5 unspecified atom stereocenters. The van der Waals surface area contributed by atoms with Gasteiger partial charge in [-0.2, -0.15) is 10.5 Å². The van der Waals surface area contributed by atoms with E-state index in [0.717, 1.165) is 25.4 Å². The molecule has 2 fully saturated rings. The summed E-state index contributed by atoms with van der Waals surface area (Å²) in [6, 6.07) is 0.541. The second-order valence-electron chi connectivity index (χ2n) is 12.2. The van der Waals surface area contributed by atoms with Gasteiger partial charge in [0, 0.05) is 19.1 Å². The van der Waals surface area contributed by atoms with Crippen LogP contribution in [0.5, 0.6) is 0 Å². The van der Waals surface area contributed by atoms with E-state index >= 15 is 0 Å². The molecule has 6 nitrogen and oxygen atoms in total. The lowest BCUT2D eigenvalue weighted by atomic mass is 9.69. The Kier molecular flexibility index (Phi) is 8.79. The number of halogens is 1. The molecule has 6 atom stereocenters. The number of hydrogen-bond donors (Lipinski definition) is 4. The van der Waals surface area contributed by atoms with Gasteiger partial charge in [-0.1, -0.05) is 57.9 Å². The fraction of sp³-hybridized carbons (Fsp3) is 0.815. The Labute approximate surface area is 212 Å². The molecule has 1 saturated carbocycles. The molecule has 2 aliphatic carbocycles. The third-order valence-corrected chi connectivity index (χ3v) is 9.01. The quantitative estimate of drug-likeness (QED) is 0.394. The molecule has 2 heterocycles. The van der Waals surface area contributed by atoms with Crippen LogP contribution < -0.4 is 21.4 Å². The summed E-state index contributed by atoms with van der Waals surface area (Å²) < 4.78 is 0. The first-order chi connectivity index (χ1) is 16.2. The Morgan fingerprint density at radius 2 is 2.12 bits per heavy atom. The zero-order valence-electron chi connectivity index (χ0n) is 22.0. The fourth-order valence-electron chi connectivity index (χ4n) is 6.66. The predicted molar refractivity (Wildman–Crippen MR) is 142 cm³/mol. The number of allylic oxidation sites excluding steroid dienone is 4. The molecule has 7 heteroatoms. The van der Waals surface area contributed by atoms with Crippen molar-refractivity contribution in [2.45, 2.75) is 77.6 Å². The molecule has 2 aliphatic heterocycles. The minimum Gasteiger partial charge on any atom is -0.312 e. The fourth-order valence-corrected chi connectivity index (χ4v) is 6.82. The summed E-state index contributed by atoms with van der Waals surface area (Å²) in [5, 5.41) is 9.89. The molecule has 0 radical (unpaired) electrons. The Morgan fingerprint density at radius 3 is 2.76 bits per heavy atom. The second kappa shape index (κ2) is 11.4. The van der Waals surface area contributed by atoms with Gasteiger partial charge >= 0.3 is 0 Å². The highest BCUT2D eigenvalue weighted by atomic mass is 35.5. The van der Waals surface area contributed by atoms with E-state index < -0.39 is 0 Å². The van der Waals surface area contributed by atoms with E-state index in [0.29, 0.717) is 23.8 Å². The molecule has 0 amide bonds. The van der Waals surface area contributed by atoms with Crippen LogP contribution in [0.1, 0.15) is 66.2 Å². The molecule has 4 N–H and O–H groups in total. The minimum absolute atomic E-state index is 0.172. The number of rotatable bonds is 8. The van der Waals surface area contributed by atoms with Crippen LogP contribution in [0.25, 0.3) is 0 Å². The van der Waals surface area contributed by atoms with Crippen LogP contribution in [-0.2, 0) is 0 Å². The predicted octanol–water partition coefficient (Wildman–Crippen LogP) is 3.10.